The van der Waals surface area contributed by atoms with Crippen LogP contribution < -0.4 is 5.32 Å². The lowest BCUT2D eigenvalue weighted by Crippen LogP contribution is -2.44. The summed E-state index contributed by atoms with van der Waals surface area (Å²) in [4.78, 5) is 22.9. The van der Waals surface area contributed by atoms with E-state index in [0.29, 0.717) is 11.8 Å². The second-order valence-electron chi connectivity index (χ2n) is 5.09. The third kappa shape index (κ3) is 2.44. The highest BCUT2D eigenvalue weighted by atomic mass is 16.4. The zero-order valence-corrected chi connectivity index (χ0v) is 9.69. The molecule has 0 heterocycles. The summed E-state index contributed by atoms with van der Waals surface area (Å²) in [6, 6.07) is -0.938. The third-order valence-electron chi connectivity index (χ3n) is 4.01. The normalized spacial score (nSPS) is 31.8. The highest BCUT2D eigenvalue weighted by Crippen LogP contribution is 2.48. The number of fused-ring (bicyclic) bond motifs is 2. The first-order valence-corrected chi connectivity index (χ1v) is 6.08. The molecule has 1 amide bonds. The minimum Gasteiger partial charge on any atom is -0.480 e. The lowest BCUT2D eigenvalue weighted by Gasteiger charge is -2.22. The molecule has 92 valence electrons. The second-order valence-corrected chi connectivity index (χ2v) is 5.09. The lowest BCUT2D eigenvalue weighted by atomic mass is 9.88. The molecule has 2 saturated carbocycles. The van der Waals surface area contributed by atoms with E-state index in [-0.39, 0.29) is 18.2 Å². The molecular formula is C13H17NO3. The molecule has 0 aromatic carbocycles. The van der Waals surface area contributed by atoms with Gasteiger partial charge in [0, 0.05) is 12.3 Å². The van der Waals surface area contributed by atoms with Crippen LogP contribution in [0, 0.1) is 30.1 Å². The number of rotatable bonds is 4. The molecule has 4 nitrogen and oxygen atoms in total. The molecule has 2 fully saturated rings. The van der Waals surface area contributed by atoms with Gasteiger partial charge in [0.25, 0.3) is 0 Å². The Morgan fingerprint density at radius 3 is 2.65 bits per heavy atom. The van der Waals surface area contributed by atoms with Gasteiger partial charge in [-0.2, -0.15) is 0 Å². The Kier molecular flexibility index (Phi) is 3.37. The summed E-state index contributed by atoms with van der Waals surface area (Å²) in [5.41, 5.74) is 0. The molecule has 17 heavy (non-hydrogen) atoms. The number of carboxylic acids is 1. The van der Waals surface area contributed by atoms with Gasteiger partial charge >= 0.3 is 5.97 Å². The molecule has 0 aromatic rings. The molecule has 0 aromatic heterocycles. The van der Waals surface area contributed by atoms with Crippen LogP contribution in [-0.4, -0.2) is 23.0 Å². The smallest absolute Gasteiger partial charge is 0.327 e. The number of amides is 1. The van der Waals surface area contributed by atoms with E-state index in [4.69, 9.17) is 11.5 Å². The van der Waals surface area contributed by atoms with Crippen molar-refractivity contribution in [3.63, 3.8) is 0 Å². The highest BCUT2D eigenvalue weighted by Gasteiger charge is 2.43. The van der Waals surface area contributed by atoms with Crippen LogP contribution >= 0.6 is 0 Å². The summed E-state index contributed by atoms with van der Waals surface area (Å²) < 4.78 is 0. The van der Waals surface area contributed by atoms with Crippen LogP contribution in [-0.2, 0) is 9.59 Å². The van der Waals surface area contributed by atoms with E-state index in [0.717, 1.165) is 19.3 Å². The molecule has 4 atom stereocenters. The van der Waals surface area contributed by atoms with Gasteiger partial charge in [-0.25, -0.2) is 4.79 Å². The average Bonchev–Trinajstić information content (AvgIpc) is 2.89. The molecule has 4 heteroatoms. The minimum atomic E-state index is -1.06. The molecule has 0 saturated heterocycles. The fraction of sp³-hybridized carbons (Fsp3) is 0.692. The fourth-order valence-electron chi connectivity index (χ4n) is 3.16. The van der Waals surface area contributed by atoms with E-state index >= 15 is 0 Å². The van der Waals surface area contributed by atoms with Gasteiger partial charge in [-0.05, 0) is 31.1 Å². The summed E-state index contributed by atoms with van der Waals surface area (Å²) in [5.74, 6) is 2.24. The molecular weight excluding hydrogens is 218 g/mol. The van der Waals surface area contributed by atoms with Crippen molar-refractivity contribution in [1.82, 2.24) is 5.32 Å². The quantitative estimate of drug-likeness (QED) is 0.715. The molecule has 2 aliphatic rings. The first-order chi connectivity index (χ1) is 8.11. The van der Waals surface area contributed by atoms with Crippen molar-refractivity contribution in [3.05, 3.63) is 0 Å². The van der Waals surface area contributed by atoms with E-state index in [1.807, 2.05) is 0 Å². The summed E-state index contributed by atoms with van der Waals surface area (Å²) in [6.07, 6.45) is 9.51. The van der Waals surface area contributed by atoms with Crippen molar-refractivity contribution in [1.29, 1.82) is 0 Å². The van der Waals surface area contributed by atoms with Crippen molar-refractivity contribution in [3.8, 4) is 12.3 Å². The van der Waals surface area contributed by atoms with E-state index in [9.17, 15) is 9.59 Å². The van der Waals surface area contributed by atoms with Gasteiger partial charge in [-0.3, -0.25) is 4.79 Å². The van der Waals surface area contributed by atoms with Gasteiger partial charge < -0.3 is 10.4 Å². The van der Waals surface area contributed by atoms with Crippen LogP contribution in [0.3, 0.4) is 0 Å². The summed E-state index contributed by atoms with van der Waals surface area (Å²) >= 11 is 0. The molecule has 2 N–H and O–H groups in total. The molecule has 2 bridgehead atoms. The Bertz CT molecular complexity index is 371. The Labute approximate surface area is 101 Å². The maximum atomic E-state index is 12.0. The van der Waals surface area contributed by atoms with Crippen LogP contribution in [0.4, 0.5) is 0 Å². The topological polar surface area (TPSA) is 66.4 Å². The van der Waals surface area contributed by atoms with E-state index in [2.05, 4.69) is 11.2 Å². The van der Waals surface area contributed by atoms with Gasteiger partial charge in [0.05, 0.1) is 0 Å². The van der Waals surface area contributed by atoms with Crippen LogP contribution in [0.2, 0.25) is 0 Å². The van der Waals surface area contributed by atoms with Crippen LogP contribution in [0.1, 0.15) is 32.1 Å². The minimum absolute atomic E-state index is 0.00775. The van der Waals surface area contributed by atoms with Crippen molar-refractivity contribution < 1.29 is 14.7 Å². The summed E-state index contributed by atoms with van der Waals surface area (Å²) in [7, 11) is 0. The summed E-state index contributed by atoms with van der Waals surface area (Å²) in [6.45, 7) is 0. The van der Waals surface area contributed by atoms with Crippen molar-refractivity contribution in [2.45, 2.75) is 38.1 Å². The number of hydrogen-bond acceptors (Lipinski definition) is 2. The maximum Gasteiger partial charge on any atom is 0.327 e. The van der Waals surface area contributed by atoms with Crippen LogP contribution in [0.15, 0.2) is 0 Å². The first-order valence-electron chi connectivity index (χ1n) is 6.08. The van der Waals surface area contributed by atoms with Gasteiger partial charge in [-0.1, -0.05) is 6.42 Å². The molecule has 0 radical (unpaired) electrons. The van der Waals surface area contributed by atoms with E-state index in [1.165, 1.54) is 6.42 Å². The van der Waals surface area contributed by atoms with Gasteiger partial charge in [0.2, 0.25) is 5.91 Å². The Morgan fingerprint density at radius 2 is 2.18 bits per heavy atom. The molecule has 0 spiro atoms. The zero-order valence-electron chi connectivity index (χ0n) is 9.69. The van der Waals surface area contributed by atoms with Gasteiger partial charge in [0.15, 0.2) is 0 Å². The van der Waals surface area contributed by atoms with Crippen LogP contribution in [0.5, 0.6) is 0 Å². The molecule has 0 aliphatic heterocycles. The lowest BCUT2D eigenvalue weighted by molar-refractivity contribution is -0.142. The highest BCUT2D eigenvalue weighted by molar-refractivity contribution is 5.85. The average molecular weight is 235 g/mol. The van der Waals surface area contributed by atoms with E-state index < -0.39 is 12.0 Å². The Morgan fingerprint density at radius 1 is 1.41 bits per heavy atom. The largest absolute Gasteiger partial charge is 0.480 e. The van der Waals surface area contributed by atoms with E-state index in [1.54, 1.807) is 0 Å². The monoisotopic (exact) mass is 235 g/mol. The maximum absolute atomic E-state index is 12.0. The Balaban J connectivity index is 1.92. The molecule has 4 unspecified atom stereocenters. The number of nitrogens with one attached hydrogen (secondary N) is 1. The summed E-state index contributed by atoms with van der Waals surface area (Å²) in [5, 5.41) is 11.5. The number of carbonyl (C=O) groups excluding carboxylic acids is 1. The number of carbonyl (C=O) groups is 2. The van der Waals surface area contributed by atoms with Crippen molar-refractivity contribution in [2.24, 2.45) is 17.8 Å². The predicted octanol–water partition coefficient (Wildman–Crippen LogP) is 1.02. The molecule has 2 rings (SSSR count). The number of terminal acetylenes is 1. The van der Waals surface area contributed by atoms with Crippen molar-refractivity contribution in [2.75, 3.05) is 0 Å². The number of aliphatic carboxylic acids is 1. The third-order valence-corrected chi connectivity index (χ3v) is 4.01. The second kappa shape index (κ2) is 4.79. The first kappa shape index (κ1) is 12.0. The Hall–Kier alpha value is -1.50. The van der Waals surface area contributed by atoms with Gasteiger partial charge in [-0.15, -0.1) is 12.3 Å². The van der Waals surface area contributed by atoms with Crippen LogP contribution in [0.25, 0.3) is 0 Å². The number of hydrogen-bond donors (Lipinski definition) is 2. The molecule has 2 aliphatic carbocycles. The SMILES string of the molecule is C#CCC(NC(=O)C1CC2CCC1C2)C(=O)O. The predicted molar refractivity (Wildman–Crippen MR) is 62.0 cm³/mol. The van der Waals surface area contributed by atoms with Gasteiger partial charge in [0.1, 0.15) is 6.04 Å². The number of carboxylic acid groups (broad SMARTS) is 1. The fourth-order valence-corrected chi connectivity index (χ4v) is 3.16. The van der Waals surface area contributed by atoms with Crippen molar-refractivity contribution >= 4 is 11.9 Å². The standard InChI is InChI=1S/C13H17NO3/c1-2-3-11(13(16)17)14-12(15)10-7-8-4-5-9(10)6-8/h1,8-11H,3-7H2,(H,14,15)(H,16,17). The zero-order chi connectivity index (χ0) is 12.4.